The fraction of sp³-hybridized carbons (Fsp3) is 0.409. The van der Waals surface area contributed by atoms with E-state index >= 15 is 0 Å². The minimum atomic E-state index is -3.67. The smallest absolute Gasteiger partial charge is 0.243 e. The lowest BCUT2D eigenvalue weighted by molar-refractivity contribution is -0.126. The number of amides is 1. The number of piperidine rings is 1. The standard InChI is InChI=1S/C22H24N2O7S/c25-22(23-13-15-1-3-19-20(11-15)31-14-30-19)16-5-7-24(8-6-16)32(26,27)17-2-4-18-21(12-17)29-10-9-28-18/h1-4,11-12,16H,5-10,13-14H2,(H,23,25). The van der Waals surface area contributed by atoms with Crippen molar-refractivity contribution in [1.29, 1.82) is 0 Å². The van der Waals surface area contributed by atoms with Crippen LogP contribution in [-0.4, -0.2) is 51.7 Å². The average molecular weight is 461 g/mol. The van der Waals surface area contributed by atoms with E-state index in [-0.39, 0.29) is 23.5 Å². The van der Waals surface area contributed by atoms with Gasteiger partial charge in [0.1, 0.15) is 13.2 Å². The Labute approximate surface area is 186 Å². The molecule has 2 aromatic carbocycles. The van der Waals surface area contributed by atoms with Crippen LogP contribution in [0, 0.1) is 5.92 Å². The highest BCUT2D eigenvalue weighted by molar-refractivity contribution is 7.89. The molecule has 1 N–H and O–H groups in total. The van der Waals surface area contributed by atoms with Gasteiger partial charge in [0.25, 0.3) is 0 Å². The van der Waals surface area contributed by atoms with E-state index < -0.39 is 10.0 Å². The molecule has 0 radical (unpaired) electrons. The molecule has 170 valence electrons. The van der Waals surface area contributed by atoms with Gasteiger partial charge in [-0.05, 0) is 42.7 Å². The fourth-order valence-corrected chi connectivity index (χ4v) is 5.56. The van der Waals surface area contributed by atoms with Gasteiger partial charge in [0, 0.05) is 31.6 Å². The quantitative estimate of drug-likeness (QED) is 0.727. The van der Waals surface area contributed by atoms with Crippen LogP contribution in [0.5, 0.6) is 23.0 Å². The van der Waals surface area contributed by atoms with E-state index in [2.05, 4.69) is 5.32 Å². The lowest BCUT2D eigenvalue weighted by Gasteiger charge is -2.31. The Bertz CT molecular complexity index is 1130. The molecule has 10 heteroatoms. The molecule has 3 heterocycles. The van der Waals surface area contributed by atoms with Gasteiger partial charge < -0.3 is 24.3 Å². The molecule has 1 amide bonds. The Morgan fingerprint density at radius 1 is 0.906 bits per heavy atom. The predicted octanol–water partition coefficient (Wildman–Crippen LogP) is 1.90. The minimum Gasteiger partial charge on any atom is -0.486 e. The zero-order valence-electron chi connectivity index (χ0n) is 17.4. The van der Waals surface area contributed by atoms with Crippen molar-refractivity contribution in [2.24, 2.45) is 5.92 Å². The van der Waals surface area contributed by atoms with E-state index in [0.29, 0.717) is 68.7 Å². The van der Waals surface area contributed by atoms with Gasteiger partial charge in [-0.1, -0.05) is 6.07 Å². The van der Waals surface area contributed by atoms with E-state index in [1.54, 1.807) is 6.07 Å². The summed E-state index contributed by atoms with van der Waals surface area (Å²) in [5.74, 6) is 2.07. The third-order valence-corrected chi connectivity index (χ3v) is 7.77. The summed E-state index contributed by atoms with van der Waals surface area (Å²) in [6.45, 7) is 2.01. The number of carbonyl (C=O) groups is 1. The monoisotopic (exact) mass is 460 g/mol. The summed E-state index contributed by atoms with van der Waals surface area (Å²) >= 11 is 0. The lowest BCUT2D eigenvalue weighted by Crippen LogP contribution is -2.42. The van der Waals surface area contributed by atoms with Crippen LogP contribution in [0.2, 0.25) is 0 Å². The van der Waals surface area contributed by atoms with Crippen LogP contribution in [0.3, 0.4) is 0 Å². The summed E-state index contributed by atoms with van der Waals surface area (Å²) < 4.78 is 49.2. The number of nitrogens with one attached hydrogen (secondary N) is 1. The van der Waals surface area contributed by atoms with Crippen LogP contribution in [-0.2, 0) is 21.4 Å². The summed E-state index contributed by atoms with van der Waals surface area (Å²) in [4.78, 5) is 12.8. The zero-order chi connectivity index (χ0) is 22.1. The maximum atomic E-state index is 13.1. The third-order valence-electron chi connectivity index (χ3n) is 5.88. The predicted molar refractivity (Wildman–Crippen MR) is 113 cm³/mol. The van der Waals surface area contributed by atoms with Crippen LogP contribution in [0.4, 0.5) is 0 Å². The fourth-order valence-electron chi connectivity index (χ4n) is 4.08. The number of hydrogen-bond acceptors (Lipinski definition) is 7. The van der Waals surface area contributed by atoms with Gasteiger partial charge in [0.2, 0.25) is 22.7 Å². The molecule has 5 rings (SSSR count). The van der Waals surface area contributed by atoms with Crippen molar-refractivity contribution in [2.75, 3.05) is 33.1 Å². The van der Waals surface area contributed by atoms with Crippen LogP contribution < -0.4 is 24.3 Å². The van der Waals surface area contributed by atoms with Crippen molar-refractivity contribution in [3.8, 4) is 23.0 Å². The maximum absolute atomic E-state index is 13.1. The SMILES string of the molecule is O=C(NCc1ccc2c(c1)OCO2)C1CCN(S(=O)(=O)c2ccc3c(c2)OCCO3)CC1. The van der Waals surface area contributed by atoms with Gasteiger partial charge in [-0.3, -0.25) is 4.79 Å². The van der Waals surface area contributed by atoms with Crippen molar-refractivity contribution in [1.82, 2.24) is 9.62 Å². The molecular formula is C22H24N2O7S. The van der Waals surface area contributed by atoms with E-state index in [9.17, 15) is 13.2 Å². The topological polar surface area (TPSA) is 103 Å². The minimum absolute atomic E-state index is 0.0703. The van der Waals surface area contributed by atoms with Gasteiger partial charge in [0.15, 0.2) is 23.0 Å². The summed E-state index contributed by atoms with van der Waals surface area (Å²) in [6, 6.07) is 10.2. The molecule has 9 nitrogen and oxygen atoms in total. The van der Waals surface area contributed by atoms with Gasteiger partial charge in [-0.2, -0.15) is 4.31 Å². The molecule has 0 spiro atoms. The molecule has 1 saturated heterocycles. The van der Waals surface area contributed by atoms with E-state index in [1.165, 1.54) is 16.4 Å². The number of nitrogens with zero attached hydrogens (tertiary/aromatic N) is 1. The molecule has 0 aromatic heterocycles. The first-order valence-electron chi connectivity index (χ1n) is 10.6. The maximum Gasteiger partial charge on any atom is 0.243 e. The lowest BCUT2D eigenvalue weighted by atomic mass is 9.97. The number of carbonyl (C=O) groups excluding carboxylic acids is 1. The average Bonchev–Trinajstić information content (AvgIpc) is 3.30. The second-order valence-corrected chi connectivity index (χ2v) is 9.83. The van der Waals surface area contributed by atoms with E-state index in [4.69, 9.17) is 18.9 Å². The van der Waals surface area contributed by atoms with Crippen molar-refractivity contribution in [3.05, 3.63) is 42.0 Å². The third kappa shape index (κ3) is 4.07. The molecule has 3 aliphatic heterocycles. The largest absolute Gasteiger partial charge is 0.486 e. The van der Waals surface area contributed by atoms with Crippen molar-refractivity contribution in [2.45, 2.75) is 24.3 Å². The molecule has 0 aliphatic carbocycles. The molecular weight excluding hydrogens is 436 g/mol. The number of rotatable bonds is 5. The first-order chi connectivity index (χ1) is 15.5. The van der Waals surface area contributed by atoms with Crippen molar-refractivity contribution in [3.63, 3.8) is 0 Å². The number of hydrogen-bond donors (Lipinski definition) is 1. The second kappa shape index (κ2) is 8.51. The molecule has 1 fully saturated rings. The molecule has 2 aromatic rings. The zero-order valence-corrected chi connectivity index (χ0v) is 18.2. The van der Waals surface area contributed by atoms with Gasteiger partial charge in [-0.25, -0.2) is 8.42 Å². The van der Waals surface area contributed by atoms with Crippen LogP contribution >= 0.6 is 0 Å². The highest BCUT2D eigenvalue weighted by Gasteiger charge is 2.32. The molecule has 0 saturated carbocycles. The number of sulfonamides is 1. The van der Waals surface area contributed by atoms with Crippen LogP contribution in [0.25, 0.3) is 0 Å². The van der Waals surface area contributed by atoms with E-state index in [0.717, 1.165) is 5.56 Å². The number of fused-ring (bicyclic) bond motifs is 2. The number of benzene rings is 2. The number of ether oxygens (including phenoxy) is 4. The van der Waals surface area contributed by atoms with Gasteiger partial charge in [0.05, 0.1) is 4.90 Å². The van der Waals surface area contributed by atoms with Gasteiger partial charge in [-0.15, -0.1) is 0 Å². The molecule has 0 bridgehead atoms. The Balaban J connectivity index is 1.17. The Morgan fingerprint density at radius 2 is 1.56 bits per heavy atom. The normalized spacial score (nSPS) is 18.4. The van der Waals surface area contributed by atoms with Crippen LogP contribution in [0.15, 0.2) is 41.3 Å². The molecule has 0 unspecified atom stereocenters. The Hall–Kier alpha value is -2.98. The summed E-state index contributed by atoms with van der Waals surface area (Å²) in [6.07, 6.45) is 0.938. The summed E-state index contributed by atoms with van der Waals surface area (Å²) in [5.41, 5.74) is 0.918. The van der Waals surface area contributed by atoms with E-state index in [1.807, 2.05) is 18.2 Å². The Morgan fingerprint density at radius 3 is 2.38 bits per heavy atom. The first kappa shape index (κ1) is 20.9. The molecule has 3 aliphatic rings. The van der Waals surface area contributed by atoms with Crippen LogP contribution in [0.1, 0.15) is 18.4 Å². The highest BCUT2D eigenvalue weighted by Crippen LogP contribution is 2.34. The highest BCUT2D eigenvalue weighted by atomic mass is 32.2. The Kier molecular flexibility index (Phi) is 5.56. The van der Waals surface area contributed by atoms with Gasteiger partial charge >= 0.3 is 0 Å². The van der Waals surface area contributed by atoms with Crippen molar-refractivity contribution < 1.29 is 32.2 Å². The molecule has 32 heavy (non-hydrogen) atoms. The summed E-state index contributed by atoms with van der Waals surface area (Å²) in [7, 11) is -3.67. The summed E-state index contributed by atoms with van der Waals surface area (Å²) in [5, 5.41) is 2.95. The first-order valence-corrected chi connectivity index (χ1v) is 12.0. The second-order valence-electron chi connectivity index (χ2n) is 7.89. The van der Waals surface area contributed by atoms with Crippen molar-refractivity contribution >= 4 is 15.9 Å². The molecule has 0 atom stereocenters.